The van der Waals surface area contributed by atoms with Crippen molar-refractivity contribution in [2.75, 3.05) is 4.72 Å². The Balaban J connectivity index is 2.35. The van der Waals surface area contributed by atoms with Crippen molar-refractivity contribution in [1.29, 1.82) is 0 Å². The average Bonchev–Trinajstić information content (AvgIpc) is 2.40. The van der Waals surface area contributed by atoms with Gasteiger partial charge in [0, 0.05) is 0 Å². The molecular formula is C12H8F2N2O4S. The van der Waals surface area contributed by atoms with Gasteiger partial charge in [0.1, 0.15) is 10.7 Å². The molecule has 0 spiro atoms. The summed E-state index contributed by atoms with van der Waals surface area (Å²) in [6.45, 7) is 0. The maximum absolute atomic E-state index is 13.7. The Kier molecular flexibility index (Phi) is 3.85. The van der Waals surface area contributed by atoms with Crippen molar-refractivity contribution in [1.82, 2.24) is 4.98 Å². The van der Waals surface area contributed by atoms with Gasteiger partial charge in [0.25, 0.3) is 10.0 Å². The number of nitrogens with zero attached hydrogens (tertiary/aromatic N) is 1. The van der Waals surface area contributed by atoms with Crippen LogP contribution >= 0.6 is 0 Å². The van der Waals surface area contributed by atoms with Crippen LogP contribution in [0.3, 0.4) is 0 Å². The minimum Gasteiger partial charge on any atom is -0.478 e. The highest BCUT2D eigenvalue weighted by Gasteiger charge is 2.20. The molecule has 0 bridgehead atoms. The third-order valence-corrected chi connectivity index (χ3v) is 3.86. The Labute approximate surface area is 118 Å². The number of hydrogen-bond acceptors (Lipinski definition) is 4. The fraction of sp³-hybridized carbons (Fsp3) is 0. The fourth-order valence-electron chi connectivity index (χ4n) is 1.50. The van der Waals surface area contributed by atoms with Gasteiger partial charge in [-0.1, -0.05) is 0 Å². The summed E-state index contributed by atoms with van der Waals surface area (Å²) < 4.78 is 52.3. The molecule has 0 aliphatic rings. The molecule has 9 heteroatoms. The zero-order chi connectivity index (χ0) is 15.6. The molecule has 110 valence electrons. The summed E-state index contributed by atoms with van der Waals surface area (Å²) in [6.07, 6.45) is 0.927. The van der Waals surface area contributed by atoms with Crippen molar-refractivity contribution in [3.05, 3.63) is 53.9 Å². The van der Waals surface area contributed by atoms with Crippen LogP contribution in [0, 0.1) is 11.8 Å². The Morgan fingerprint density at radius 2 is 1.90 bits per heavy atom. The first-order valence-electron chi connectivity index (χ1n) is 5.47. The lowest BCUT2D eigenvalue weighted by Gasteiger charge is -2.09. The SMILES string of the molecule is O=C(O)c1ccc(S(=O)(=O)Nc2ccc(F)nc2)c(F)c1. The molecule has 21 heavy (non-hydrogen) atoms. The van der Waals surface area contributed by atoms with Crippen LogP contribution in [0.1, 0.15) is 10.4 Å². The summed E-state index contributed by atoms with van der Waals surface area (Å²) in [5.74, 6) is -3.39. The summed E-state index contributed by atoms with van der Waals surface area (Å²) in [7, 11) is -4.28. The van der Waals surface area contributed by atoms with E-state index in [4.69, 9.17) is 5.11 Å². The maximum atomic E-state index is 13.7. The predicted molar refractivity (Wildman–Crippen MR) is 68.4 cm³/mol. The molecule has 0 atom stereocenters. The Morgan fingerprint density at radius 3 is 2.43 bits per heavy atom. The number of carboxylic acids is 1. The van der Waals surface area contributed by atoms with Gasteiger partial charge < -0.3 is 5.11 Å². The van der Waals surface area contributed by atoms with Crippen molar-refractivity contribution in [3.63, 3.8) is 0 Å². The van der Waals surface area contributed by atoms with Crippen LogP contribution in [-0.2, 0) is 10.0 Å². The molecule has 0 fully saturated rings. The Bertz CT molecular complexity index is 791. The third kappa shape index (κ3) is 3.31. The molecule has 2 rings (SSSR count). The second-order valence-electron chi connectivity index (χ2n) is 3.93. The van der Waals surface area contributed by atoms with E-state index in [-0.39, 0.29) is 11.3 Å². The standard InChI is InChI=1S/C12H8F2N2O4S/c13-9-5-7(12(17)18)1-3-10(9)21(19,20)16-8-2-4-11(14)15-6-8/h1-6,16H,(H,17,18). The van der Waals surface area contributed by atoms with E-state index < -0.39 is 32.7 Å². The van der Waals surface area contributed by atoms with Crippen LogP contribution in [0.25, 0.3) is 0 Å². The average molecular weight is 314 g/mol. The highest BCUT2D eigenvalue weighted by Crippen LogP contribution is 2.19. The molecule has 0 aliphatic heterocycles. The number of benzene rings is 1. The van der Waals surface area contributed by atoms with E-state index in [9.17, 15) is 22.0 Å². The van der Waals surface area contributed by atoms with Gasteiger partial charge in [-0.2, -0.15) is 4.39 Å². The largest absolute Gasteiger partial charge is 0.478 e. The first kappa shape index (κ1) is 14.9. The number of rotatable bonds is 4. The summed E-state index contributed by atoms with van der Waals surface area (Å²) in [6, 6.07) is 4.44. The van der Waals surface area contributed by atoms with E-state index >= 15 is 0 Å². The summed E-state index contributed by atoms with van der Waals surface area (Å²) in [5.41, 5.74) is -0.437. The molecule has 0 saturated carbocycles. The number of carbonyl (C=O) groups is 1. The van der Waals surface area contributed by atoms with Crippen LogP contribution < -0.4 is 4.72 Å². The smallest absolute Gasteiger partial charge is 0.335 e. The molecule has 2 N–H and O–H groups in total. The molecule has 0 saturated heterocycles. The number of hydrogen-bond donors (Lipinski definition) is 2. The molecule has 0 radical (unpaired) electrons. The lowest BCUT2D eigenvalue weighted by molar-refractivity contribution is 0.0696. The minimum atomic E-state index is -4.28. The number of pyridine rings is 1. The van der Waals surface area contributed by atoms with Gasteiger partial charge in [-0.05, 0) is 30.3 Å². The molecule has 1 aromatic carbocycles. The number of aromatic carboxylic acids is 1. The van der Waals surface area contributed by atoms with Crippen molar-refractivity contribution < 1.29 is 27.1 Å². The zero-order valence-electron chi connectivity index (χ0n) is 10.2. The summed E-state index contributed by atoms with van der Waals surface area (Å²) in [5, 5.41) is 8.69. The third-order valence-electron chi connectivity index (χ3n) is 2.45. The first-order chi connectivity index (χ1) is 9.79. The maximum Gasteiger partial charge on any atom is 0.335 e. The molecular weight excluding hydrogens is 306 g/mol. The topological polar surface area (TPSA) is 96.4 Å². The second-order valence-corrected chi connectivity index (χ2v) is 5.58. The number of sulfonamides is 1. The number of carboxylic acid groups (broad SMARTS) is 1. The number of halogens is 2. The predicted octanol–water partition coefficient (Wildman–Crippen LogP) is 1.86. The first-order valence-corrected chi connectivity index (χ1v) is 6.95. The minimum absolute atomic E-state index is 0.0573. The van der Waals surface area contributed by atoms with E-state index in [1.54, 1.807) is 0 Å². The lowest BCUT2D eigenvalue weighted by Crippen LogP contribution is -2.15. The summed E-state index contributed by atoms with van der Waals surface area (Å²) in [4.78, 5) is 13.2. The number of anilines is 1. The van der Waals surface area contributed by atoms with Crippen LogP contribution in [-0.4, -0.2) is 24.5 Å². The van der Waals surface area contributed by atoms with Gasteiger partial charge in [0.15, 0.2) is 0 Å². The van der Waals surface area contributed by atoms with Gasteiger partial charge >= 0.3 is 5.97 Å². The van der Waals surface area contributed by atoms with E-state index in [0.29, 0.717) is 6.07 Å². The van der Waals surface area contributed by atoms with E-state index in [0.717, 1.165) is 30.5 Å². The van der Waals surface area contributed by atoms with Gasteiger partial charge in [0.2, 0.25) is 5.95 Å². The summed E-state index contributed by atoms with van der Waals surface area (Å²) >= 11 is 0. The van der Waals surface area contributed by atoms with E-state index in [1.807, 2.05) is 4.72 Å². The Hall–Kier alpha value is -2.55. The van der Waals surface area contributed by atoms with Gasteiger partial charge in [-0.15, -0.1) is 0 Å². The van der Waals surface area contributed by atoms with E-state index in [2.05, 4.69) is 4.98 Å². The van der Waals surface area contributed by atoms with Crippen molar-refractivity contribution in [2.45, 2.75) is 4.90 Å². The number of aromatic nitrogens is 1. The highest BCUT2D eigenvalue weighted by molar-refractivity contribution is 7.92. The molecule has 6 nitrogen and oxygen atoms in total. The van der Waals surface area contributed by atoms with Gasteiger partial charge in [-0.25, -0.2) is 22.6 Å². The number of nitrogens with one attached hydrogen (secondary N) is 1. The molecule has 2 aromatic rings. The normalized spacial score (nSPS) is 11.1. The monoisotopic (exact) mass is 314 g/mol. The zero-order valence-corrected chi connectivity index (χ0v) is 11.1. The second kappa shape index (κ2) is 5.44. The van der Waals surface area contributed by atoms with Crippen molar-refractivity contribution in [3.8, 4) is 0 Å². The lowest BCUT2D eigenvalue weighted by atomic mass is 10.2. The molecule has 0 unspecified atom stereocenters. The van der Waals surface area contributed by atoms with Gasteiger partial charge in [0.05, 0.1) is 17.4 Å². The molecule has 1 aromatic heterocycles. The Morgan fingerprint density at radius 1 is 1.19 bits per heavy atom. The van der Waals surface area contributed by atoms with Crippen molar-refractivity contribution >= 4 is 21.7 Å². The van der Waals surface area contributed by atoms with Crippen LogP contribution in [0.4, 0.5) is 14.5 Å². The molecule has 0 aliphatic carbocycles. The quantitative estimate of drug-likeness (QED) is 0.840. The fourth-order valence-corrected chi connectivity index (χ4v) is 2.60. The molecule has 1 heterocycles. The van der Waals surface area contributed by atoms with Crippen LogP contribution in [0.2, 0.25) is 0 Å². The van der Waals surface area contributed by atoms with Crippen LogP contribution in [0.5, 0.6) is 0 Å². The van der Waals surface area contributed by atoms with Crippen LogP contribution in [0.15, 0.2) is 41.4 Å². The van der Waals surface area contributed by atoms with Gasteiger partial charge in [-0.3, -0.25) is 4.72 Å². The van der Waals surface area contributed by atoms with E-state index in [1.165, 1.54) is 0 Å². The highest BCUT2D eigenvalue weighted by atomic mass is 32.2. The molecule has 0 amide bonds. The van der Waals surface area contributed by atoms with Crippen molar-refractivity contribution in [2.24, 2.45) is 0 Å².